The number of hydrogen-bond donors (Lipinski definition) is 0. The van der Waals surface area contributed by atoms with Gasteiger partial charge >= 0.3 is 0 Å². The van der Waals surface area contributed by atoms with E-state index in [2.05, 4.69) is 0 Å². The van der Waals surface area contributed by atoms with Crippen LogP contribution in [0, 0.1) is 13.8 Å². The maximum absolute atomic E-state index is 11.9. The van der Waals surface area contributed by atoms with Gasteiger partial charge in [0.25, 0.3) is 0 Å². The van der Waals surface area contributed by atoms with Gasteiger partial charge in [-0.05, 0) is 32.4 Å². The zero-order valence-corrected chi connectivity index (χ0v) is 10.6. The molecule has 0 saturated carbocycles. The van der Waals surface area contributed by atoms with Crippen LogP contribution in [0.1, 0.15) is 24.5 Å². The quantitative estimate of drug-likeness (QED) is 0.809. The molecule has 1 rings (SSSR count). The largest absolute Gasteiger partial charge is 0.300 e. The summed E-state index contributed by atoms with van der Waals surface area (Å²) in [7, 11) is -3.32. The Balaban J connectivity index is 3.03. The average molecular weight is 240 g/mol. The van der Waals surface area contributed by atoms with Crippen LogP contribution in [0.15, 0.2) is 23.1 Å². The molecule has 0 bridgehead atoms. The van der Waals surface area contributed by atoms with E-state index in [9.17, 15) is 13.2 Å². The summed E-state index contributed by atoms with van der Waals surface area (Å²) in [5, 5.41) is 0. The standard InChI is InChI=1S/C12H16O3S/c1-9-4-5-12(10(2)8-9)16(14,15)7-6-11(3)13/h4-5,8H,6-7H2,1-3H3. The summed E-state index contributed by atoms with van der Waals surface area (Å²) in [4.78, 5) is 11.1. The van der Waals surface area contributed by atoms with Crippen LogP contribution in [-0.4, -0.2) is 20.0 Å². The van der Waals surface area contributed by atoms with Crippen LogP contribution in [-0.2, 0) is 14.6 Å². The van der Waals surface area contributed by atoms with E-state index in [0.29, 0.717) is 4.90 Å². The van der Waals surface area contributed by atoms with Gasteiger partial charge in [-0.1, -0.05) is 17.7 Å². The zero-order valence-electron chi connectivity index (χ0n) is 9.78. The number of ketones is 1. The van der Waals surface area contributed by atoms with Crippen molar-refractivity contribution in [1.82, 2.24) is 0 Å². The van der Waals surface area contributed by atoms with E-state index in [1.165, 1.54) is 6.92 Å². The Kier molecular flexibility index (Phi) is 3.86. The lowest BCUT2D eigenvalue weighted by molar-refractivity contribution is -0.116. The Hall–Kier alpha value is -1.16. The van der Waals surface area contributed by atoms with E-state index in [4.69, 9.17) is 0 Å². The zero-order chi connectivity index (χ0) is 12.3. The minimum absolute atomic E-state index is 0.0790. The molecular weight excluding hydrogens is 224 g/mol. The molecule has 0 saturated heterocycles. The molecule has 0 spiro atoms. The van der Waals surface area contributed by atoms with Crippen molar-refractivity contribution >= 4 is 15.6 Å². The van der Waals surface area contributed by atoms with Crippen LogP contribution in [0.4, 0.5) is 0 Å². The molecule has 0 amide bonds. The number of rotatable bonds is 4. The number of Topliss-reactive ketones (excluding diaryl/α,β-unsaturated/α-hetero) is 1. The van der Waals surface area contributed by atoms with Crippen LogP contribution >= 0.6 is 0 Å². The lowest BCUT2D eigenvalue weighted by Crippen LogP contribution is -2.11. The second-order valence-corrected chi connectivity index (χ2v) is 6.12. The number of carbonyl (C=O) groups is 1. The van der Waals surface area contributed by atoms with Crippen molar-refractivity contribution in [1.29, 1.82) is 0 Å². The summed E-state index contributed by atoms with van der Waals surface area (Å²) in [5.74, 6) is -0.208. The molecule has 0 unspecified atom stereocenters. The van der Waals surface area contributed by atoms with Gasteiger partial charge in [-0.3, -0.25) is 4.79 Å². The Labute approximate surface area is 96.4 Å². The third-order valence-electron chi connectivity index (χ3n) is 2.39. The number of carbonyl (C=O) groups excluding carboxylic acids is 1. The molecule has 0 aliphatic rings. The number of hydrogen-bond acceptors (Lipinski definition) is 3. The highest BCUT2D eigenvalue weighted by Gasteiger charge is 2.17. The van der Waals surface area contributed by atoms with E-state index >= 15 is 0 Å². The third kappa shape index (κ3) is 3.17. The smallest absolute Gasteiger partial charge is 0.179 e. The van der Waals surface area contributed by atoms with Gasteiger partial charge in [0, 0.05) is 6.42 Å². The first-order chi connectivity index (χ1) is 7.33. The van der Waals surface area contributed by atoms with Crippen LogP contribution in [0.5, 0.6) is 0 Å². The van der Waals surface area contributed by atoms with E-state index in [-0.39, 0.29) is 18.0 Å². The summed E-state index contributed by atoms with van der Waals surface area (Å²) in [6.07, 6.45) is 0.0790. The Morgan fingerprint density at radius 3 is 2.38 bits per heavy atom. The summed E-state index contributed by atoms with van der Waals surface area (Å²) < 4.78 is 23.8. The fraction of sp³-hybridized carbons (Fsp3) is 0.417. The molecule has 0 fully saturated rings. The van der Waals surface area contributed by atoms with Crippen molar-refractivity contribution < 1.29 is 13.2 Å². The molecule has 16 heavy (non-hydrogen) atoms. The van der Waals surface area contributed by atoms with Gasteiger partial charge in [0.1, 0.15) is 5.78 Å². The van der Waals surface area contributed by atoms with Crippen molar-refractivity contribution in [3.8, 4) is 0 Å². The maximum atomic E-state index is 11.9. The first-order valence-corrected chi connectivity index (χ1v) is 6.77. The molecule has 0 heterocycles. The number of benzene rings is 1. The number of sulfone groups is 1. The highest BCUT2D eigenvalue weighted by atomic mass is 32.2. The van der Waals surface area contributed by atoms with Crippen molar-refractivity contribution in [2.75, 3.05) is 5.75 Å². The molecule has 0 aromatic heterocycles. The van der Waals surface area contributed by atoms with Gasteiger partial charge in [0.15, 0.2) is 9.84 Å². The van der Waals surface area contributed by atoms with Gasteiger partial charge in [-0.2, -0.15) is 0 Å². The molecule has 1 aromatic rings. The predicted molar refractivity (Wildman–Crippen MR) is 63.3 cm³/mol. The average Bonchev–Trinajstić information content (AvgIpc) is 2.14. The highest BCUT2D eigenvalue weighted by molar-refractivity contribution is 7.91. The Bertz CT molecular complexity index is 501. The van der Waals surface area contributed by atoms with Crippen LogP contribution < -0.4 is 0 Å². The topological polar surface area (TPSA) is 51.2 Å². The third-order valence-corrected chi connectivity index (χ3v) is 4.26. The first kappa shape index (κ1) is 12.9. The van der Waals surface area contributed by atoms with Crippen molar-refractivity contribution in [3.05, 3.63) is 29.3 Å². The normalized spacial score (nSPS) is 11.4. The van der Waals surface area contributed by atoms with Crippen molar-refractivity contribution in [2.45, 2.75) is 32.1 Å². The molecule has 0 radical (unpaired) electrons. The molecule has 0 aliphatic carbocycles. The fourth-order valence-electron chi connectivity index (χ4n) is 1.54. The molecule has 3 nitrogen and oxygen atoms in total. The highest BCUT2D eigenvalue weighted by Crippen LogP contribution is 2.18. The summed E-state index contributed by atoms with van der Waals surface area (Å²) >= 11 is 0. The van der Waals surface area contributed by atoms with Crippen molar-refractivity contribution in [2.24, 2.45) is 0 Å². The first-order valence-electron chi connectivity index (χ1n) is 5.12. The van der Waals surface area contributed by atoms with Gasteiger partial charge in [-0.25, -0.2) is 8.42 Å². The molecule has 0 aliphatic heterocycles. The van der Waals surface area contributed by atoms with Crippen LogP contribution in [0.2, 0.25) is 0 Å². The van der Waals surface area contributed by atoms with E-state index in [1.54, 1.807) is 19.1 Å². The second-order valence-electron chi connectivity index (χ2n) is 4.04. The molecule has 1 aromatic carbocycles. The molecule has 0 atom stereocenters. The van der Waals surface area contributed by atoms with Gasteiger partial charge in [-0.15, -0.1) is 0 Å². The van der Waals surface area contributed by atoms with Gasteiger partial charge in [0.2, 0.25) is 0 Å². The Morgan fingerprint density at radius 2 is 1.88 bits per heavy atom. The molecule has 88 valence electrons. The second kappa shape index (κ2) is 4.78. The summed E-state index contributed by atoms with van der Waals surface area (Å²) in [6, 6.07) is 5.22. The SMILES string of the molecule is CC(=O)CCS(=O)(=O)c1ccc(C)cc1C. The minimum atomic E-state index is -3.32. The van der Waals surface area contributed by atoms with Gasteiger partial charge in [0.05, 0.1) is 10.6 Å². The minimum Gasteiger partial charge on any atom is -0.300 e. The van der Waals surface area contributed by atoms with E-state index in [1.807, 2.05) is 13.0 Å². The number of aryl methyl sites for hydroxylation is 2. The lowest BCUT2D eigenvalue weighted by atomic mass is 10.2. The molecule has 0 N–H and O–H groups in total. The summed E-state index contributed by atoms with van der Waals surface area (Å²) in [5.41, 5.74) is 1.77. The van der Waals surface area contributed by atoms with Crippen molar-refractivity contribution in [3.63, 3.8) is 0 Å². The Morgan fingerprint density at radius 1 is 1.25 bits per heavy atom. The van der Waals surface area contributed by atoms with Crippen LogP contribution in [0.25, 0.3) is 0 Å². The fourth-order valence-corrected chi connectivity index (χ4v) is 3.14. The van der Waals surface area contributed by atoms with E-state index in [0.717, 1.165) is 11.1 Å². The van der Waals surface area contributed by atoms with Crippen LogP contribution in [0.3, 0.4) is 0 Å². The maximum Gasteiger partial charge on any atom is 0.179 e. The predicted octanol–water partition coefficient (Wildman–Crippen LogP) is 2.06. The molecule has 4 heteroatoms. The molecular formula is C12H16O3S. The monoisotopic (exact) mass is 240 g/mol. The lowest BCUT2D eigenvalue weighted by Gasteiger charge is -2.07. The summed E-state index contributed by atoms with van der Waals surface area (Å²) in [6.45, 7) is 5.09. The van der Waals surface area contributed by atoms with E-state index < -0.39 is 9.84 Å². The van der Waals surface area contributed by atoms with Gasteiger partial charge < -0.3 is 0 Å².